The average Bonchev–Trinajstić information content (AvgIpc) is 3.19. The number of aromatic nitrogens is 1. The molecule has 1 aromatic rings. The number of nitrogens with zero attached hydrogens (tertiary/aromatic N) is 4. The predicted molar refractivity (Wildman–Crippen MR) is 94.8 cm³/mol. The number of alkyl halides is 3. The molecule has 0 saturated carbocycles. The van der Waals surface area contributed by atoms with Crippen molar-refractivity contribution in [1.82, 2.24) is 20.1 Å². The molecule has 0 spiro atoms. The summed E-state index contributed by atoms with van der Waals surface area (Å²) < 4.78 is 37.9. The molecule has 25 heavy (non-hydrogen) atoms. The maximum absolute atomic E-state index is 12.6. The highest BCUT2D eigenvalue weighted by Gasteiger charge is 2.33. The molecule has 1 unspecified atom stereocenters. The Kier molecular flexibility index (Phi) is 7.06. The van der Waals surface area contributed by atoms with E-state index in [0.29, 0.717) is 23.6 Å². The number of hydrogen-bond donors (Lipinski definition) is 1. The van der Waals surface area contributed by atoms with Gasteiger partial charge in [0.2, 0.25) is 0 Å². The van der Waals surface area contributed by atoms with Gasteiger partial charge in [-0.15, -0.1) is 11.3 Å². The highest BCUT2D eigenvalue weighted by molar-refractivity contribution is 7.09. The van der Waals surface area contributed by atoms with E-state index in [9.17, 15) is 13.2 Å². The number of halogens is 3. The first-order valence-corrected chi connectivity index (χ1v) is 9.48. The molecule has 1 fully saturated rings. The second-order valence-electron chi connectivity index (χ2n) is 6.10. The van der Waals surface area contributed by atoms with Gasteiger partial charge < -0.3 is 10.2 Å². The molecule has 1 aliphatic rings. The van der Waals surface area contributed by atoms with E-state index in [1.807, 2.05) is 14.0 Å². The van der Waals surface area contributed by atoms with Crippen molar-refractivity contribution in [3.05, 3.63) is 16.1 Å². The fourth-order valence-electron chi connectivity index (χ4n) is 3.05. The first-order chi connectivity index (χ1) is 11.8. The van der Waals surface area contributed by atoms with E-state index in [-0.39, 0.29) is 6.54 Å². The molecule has 0 aliphatic carbocycles. The quantitative estimate of drug-likeness (QED) is 0.611. The van der Waals surface area contributed by atoms with Crippen LogP contribution in [0, 0.1) is 0 Å². The van der Waals surface area contributed by atoms with Crippen LogP contribution in [0.4, 0.5) is 13.2 Å². The predicted octanol–water partition coefficient (Wildman–Crippen LogP) is 3.04. The van der Waals surface area contributed by atoms with Gasteiger partial charge in [-0.25, -0.2) is 9.98 Å². The second kappa shape index (κ2) is 8.84. The molecule has 2 rings (SSSR count). The van der Waals surface area contributed by atoms with E-state index >= 15 is 0 Å². The summed E-state index contributed by atoms with van der Waals surface area (Å²) >= 11 is 0.992. The van der Waals surface area contributed by atoms with E-state index < -0.39 is 11.9 Å². The van der Waals surface area contributed by atoms with Gasteiger partial charge in [-0.05, 0) is 32.9 Å². The lowest BCUT2D eigenvalue weighted by Crippen LogP contribution is -2.45. The largest absolute Gasteiger partial charge is 0.434 e. The van der Waals surface area contributed by atoms with Crippen LogP contribution in [0.2, 0.25) is 0 Å². The minimum absolute atomic E-state index is 0.148. The summed E-state index contributed by atoms with van der Waals surface area (Å²) in [5, 5.41) is 4.62. The smallest absolute Gasteiger partial charge is 0.357 e. The molecule has 1 aromatic heterocycles. The van der Waals surface area contributed by atoms with E-state index in [0.717, 1.165) is 36.4 Å². The number of aliphatic imine (C=N–C) groups is 1. The third kappa shape index (κ3) is 5.57. The van der Waals surface area contributed by atoms with Gasteiger partial charge in [-0.2, -0.15) is 13.2 Å². The topological polar surface area (TPSA) is 43.8 Å². The molecule has 1 saturated heterocycles. The maximum Gasteiger partial charge on any atom is 0.434 e. The Morgan fingerprint density at radius 3 is 2.84 bits per heavy atom. The minimum Gasteiger partial charge on any atom is -0.357 e. The zero-order chi connectivity index (χ0) is 18.4. The molecule has 1 aliphatic heterocycles. The fourth-order valence-corrected chi connectivity index (χ4v) is 3.77. The average molecular weight is 377 g/mol. The molecule has 0 bridgehead atoms. The SMILES string of the molecule is CCNC(=NCc1nc(C(F)(F)F)cs1)N(C)CC1CCCN1CC. The number of guanidine groups is 1. The van der Waals surface area contributed by atoms with Crippen LogP contribution in [-0.2, 0) is 12.7 Å². The maximum atomic E-state index is 12.6. The zero-order valence-corrected chi connectivity index (χ0v) is 15.8. The normalized spacial score (nSPS) is 19.4. The van der Waals surface area contributed by atoms with Crippen molar-refractivity contribution in [2.24, 2.45) is 4.99 Å². The molecule has 0 radical (unpaired) electrons. The lowest BCUT2D eigenvalue weighted by molar-refractivity contribution is -0.140. The van der Waals surface area contributed by atoms with Gasteiger partial charge in [0.25, 0.3) is 0 Å². The van der Waals surface area contributed by atoms with Crippen molar-refractivity contribution in [3.63, 3.8) is 0 Å². The monoisotopic (exact) mass is 377 g/mol. The lowest BCUT2D eigenvalue weighted by Gasteiger charge is -2.29. The Morgan fingerprint density at radius 2 is 2.24 bits per heavy atom. The van der Waals surface area contributed by atoms with Crippen molar-refractivity contribution < 1.29 is 13.2 Å². The van der Waals surface area contributed by atoms with Crippen LogP contribution in [0.5, 0.6) is 0 Å². The van der Waals surface area contributed by atoms with Crippen LogP contribution in [-0.4, -0.2) is 60.0 Å². The molecule has 1 atom stereocenters. The number of likely N-dealkylation sites (tertiary alicyclic amines) is 1. The minimum atomic E-state index is -4.40. The molecule has 0 aromatic carbocycles. The van der Waals surface area contributed by atoms with Gasteiger partial charge in [0.1, 0.15) is 5.01 Å². The van der Waals surface area contributed by atoms with Crippen molar-refractivity contribution in [1.29, 1.82) is 0 Å². The van der Waals surface area contributed by atoms with Crippen LogP contribution in [0.15, 0.2) is 10.4 Å². The van der Waals surface area contributed by atoms with Crippen LogP contribution >= 0.6 is 11.3 Å². The Hall–Kier alpha value is -1.35. The summed E-state index contributed by atoms with van der Waals surface area (Å²) in [4.78, 5) is 12.6. The molecule has 1 N–H and O–H groups in total. The van der Waals surface area contributed by atoms with E-state index in [4.69, 9.17) is 0 Å². The van der Waals surface area contributed by atoms with Gasteiger partial charge in [-0.3, -0.25) is 4.90 Å². The molecule has 5 nitrogen and oxygen atoms in total. The molecule has 0 amide bonds. The first kappa shape index (κ1) is 20.0. The number of rotatable bonds is 6. The molecular formula is C16H26F3N5S. The summed E-state index contributed by atoms with van der Waals surface area (Å²) in [6, 6.07) is 0.496. The summed E-state index contributed by atoms with van der Waals surface area (Å²) in [5.74, 6) is 0.703. The third-order valence-electron chi connectivity index (χ3n) is 4.29. The Bertz CT molecular complexity index is 572. The standard InChI is InChI=1S/C16H26F3N5S/c1-4-20-15(23(3)10-12-7-6-8-24(12)5-2)21-9-14-22-13(11-25-14)16(17,18)19/h11-12H,4-10H2,1-3H3,(H,20,21). The van der Waals surface area contributed by atoms with E-state index in [1.165, 1.54) is 12.8 Å². The van der Waals surface area contributed by atoms with Crippen LogP contribution in [0.1, 0.15) is 37.4 Å². The second-order valence-corrected chi connectivity index (χ2v) is 7.04. The summed E-state index contributed by atoms with van der Waals surface area (Å²) in [6.45, 7) is 8.01. The highest BCUT2D eigenvalue weighted by atomic mass is 32.1. The number of hydrogen-bond acceptors (Lipinski definition) is 4. The third-order valence-corrected chi connectivity index (χ3v) is 5.13. The molecular weight excluding hydrogens is 351 g/mol. The van der Waals surface area contributed by atoms with Crippen molar-refractivity contribution in [2.45, 2.75) is 45.5 Å². The first-order valence-electron chi connectivity index (χ1n) is 8.60. The number of nitrogens with one attached hydrogen (secondary N) is 1. The van der Waals surface area contributed by atoms with Crippen molar-refractivity contribution in [3.8, 4) is 0 Å². The zero-order valence-electron chi connectivity index (χ0n) is 14.9. The molecule has 142 valence electrons. The Labute approximate surface area is 150 Å². The summed E-state index contributed by atoms with van der Waals surface area (Å²) in [7, 11) is 1.97. The van der Waals surface area contributed by atoms with Crippen molar-refractivity contribution in [2.75, 3.05) is 33.2 Å². The fraction of sp³-hybridized carbons (Fsp3) is 0.750. The van der Waals surface area contributed by atoms with Crippen molar-refractivity contribution >= 4 is 17.3 Å². The molecule has 9 heteroatoms. The van der Waals surface area contributed by atoms with Gasteiger partial charge >= 0.3 is 6.18 Å². The van der Waals surface area contributed by atoms with Crippen LogP contribution in [0.25, 0.3) is 0 Å². The summed E-state index contributed by atoms with van der Waals surface area (Å²) in [5.41, 5.74) is -0.842. The van der Waals surface area contributed by atoms with Gasteiger partial charge in [0, 0.05) is 31.6 Å². The lowest BCUT2D eigenvalue weighted by atomic mass is 10.2. The number of thiazole rings is 1. The Balaban J connectivity index is 2.00. The highest BCUT2D eigenvalue weighted by Crippen LogP contribution is 2.30. The van der Waals surface area contributed by atoms with E-state index in [2.05, 4.69) is 32.0 Å². The van der Waals surface area contributed by atoms with E-state index in [1.54, 1.807) is 0 Å². The van der Waals surface area contributed by atoms with Crippen LogP contribution in [0.3, 0.4) is 0 Å². The summed E-state index contributed by atoms with van der Waals surface area (Å²) in [6.07, 6.45) is -2.02. The Morgan fingerprint density at radius 1 is 1.48 bits per heavy atom. The van der Waals surface area contributed by atoms with Crippen LogP contribution < -0.4 is 5.32 Å². The van der Waals surface area contributed by atoms with Gasteiger partial charge in [0.05, 0.1) is 6.54 Å². The van der Waals surface area contributed by atoms with Gasteiger partial charge in [-0.1, -0.05) is 6.92 Å². The molecule has 2 heterocycles. The van der Waals surface area contributed by atoms with Gasteiger partial charge in [0.15, 0.2) is 11.7 Å². The number of likely N-dealkylation sites (N-methyl/N-ethyl adjacent to an activating group) is 2.